The molecule has 6 nitrogen and oxygen atoms in total. The molecule has 1 atom stereocenters. The lowest BCUT2D eigenvalue weighted by Crippen LogP contribution is -2.42. The highest BCUT2D eigenvalue weighted by molar-refractivity contribution is 5.93. The third-order valence-corrected chi connectivity index (χ3v) is 3.05. The fourth-order valence-corrected chi connectivity index (χ4v) is 2.07. The summed E-state index contributed by atoms with van der Waals surface area (Å²) in [4.78, 5) is 28.4. The number of carbonyl (C=O) groups is 2. The summed E-state index contributed by atoms with van der Waals surface area (Å²) >= 11 is 0. The molecule has 1 saturated heterocycles. The molecule has 6 heteroatoms. The van der Waals surface area contributed by atoms with Crippen LogP contribution in [0.25, 0.3) is 0 Å². The fraction of sp³-hybridized carbons (Fsp3) is 0.417. The highest BCUT2D eigenvalue weighted by Crippen LogP contribution is 2.19. The highest BCUT2D eigenvalue weighted by Gasteiger charge is 2.34. The molecule has 1 aliphatic rings. The number of anilines is 1. The van der Waals surface area contributed by atoms with Crippen molar-refractivity contribution in [2.75, 3.05) is 11.9 Å². The van der Waals surface area contributed by atoms with Gasteiger partial charge in [0, 0.05) is 12.7 Å². The van der Waals surface area contributed by atoms with Gasteiger partial charge in [-0.1, -0.05) is 0 Å². The third-order valence-electron chi connectivity index (χ3n) is 3.05. The topological polar surface area (TPSA) is 82.5 Å². The van der Waals surface area contributed by atoms with Crippen LogP contribution in [0.15, 0.2) is 18.3 Å². The average molecular weight is 249 g/mol. The standard InChI is InChI=1S/C12H15N3O3/c1-8-9(4-2-6-13-8)14-12(18)15-7-3-5-10(15)11(16)17/h2,4,6,10H,3,5,7H2,1H3,(H,14,18)(H,16,17)/t10-/m1/s1. The van der Waals surface area contributed by atoms with Crippen LogP contribution in [-0.4, -0.2) is 39.6 Å². The first-order chi connectivity index (χ1) is 8.59. The zero-order valence-electron chi connectivity index (χ0n) is 10.1. The second-order valence-electron chi connectivity index (χ2n) is 4.26. The quantitative estimate of drug-likeness (QED) is 0.831. The summed E-state index contributed by atoms with van der Waals surface area (Å²) in [5.41, 5.74) is 1.32. The average Bonchev–Trinajstić information content (AvgIpc) is 2.81. The molecule has 2 amide bonds. The number of carboxylic acid groups (broad SMARTS) is 1. The van der Waals surface area contributed by atoms with E-state index < -0.39 is 12.0 Å². The van der Waals surface area contributed by atoms with E-state index in [0.717, 1.165) is 6.42 Å². The number of urea groups is 1. The van der Waals surface area contributed by atoms with E-state index in [-0.39, 0.29) is 6.03 Å². The Balaban J connectivity index is 2.08. The van der Waals surface area contributed by atoms with Gasteiger partial charge in [0.05, 0.1) is 11.4 Å². The molecule has 1 aromatic heterocycles. The van der Waals surface area contributed by atoms with Crippen LogP contribution in [0, 0.1) is 6.92 Å². The van der Waals surface area contributed by atoms with Crippen molar-refractivity contribution in [2.45, 2.75) is 25.8 Å². The molecule has 2 rings (SSSR count). The van der Waals surface area contributed by atoms with Crippen molar-refractivity contribution in [1.29, 1.82) is 0 Å². The Kier molecular flexibility index (Phi) is 3.45. The van der Waals surface area contributed by atoms with Gasteiger partial charge in [-0.3, -0.25) is 4.98 Å². The molecule has 0 spiro atoms. The Labute approximate surface area is 105 Å². The van der Waals surface area contributed by atoms with Crippen molar-refractivity contribution in [3.63, 3.8) is 0 Å². The van der Waals surface area contributed by atoms with E-state index in [9.17, 15) is 9.59 Å². The van der Waals surface area contributed by atoms with Gasteiger partial charge in [0.25, 0.3) is 0 Å². The number of hydrogen-bond donors (Lipinski definition) is 2. The van der Waals surface area contributed by atoms with E-state index in [0.29, 0.717) is 24.3 Å². The smallest absolute Gasteiger partial charge is 0.326 e. The molecular weight excluding hydrogens is 234 g/mol. The molecule has 1 aliphatic heterocycles. The summed E-state index contributed by atoms with van der Waals surface area (Å²) in [6.45, 7) is 2.26. The van der Waals surface area contributed by atoms with E-state index in [1.807, 2.05) is 0 Å². The zero-order chi connectivity index (χ0) is 13.1. The summed E-state index contributed by atoms with van der Waals surface area (Å²) in [5.74, 6) is -0.953. The van der Waals surface area contributed by atoms with E-state index >= 15 is 0 Å². The molecule has 0 radical (unpaired) electrons. The number of hydrogen-bond acceptors (Lipinski definition) is 3. The number of nitrogens with zero attached hydrogens (tertiary/aromatic N) is 2. The molecule has 0 unspecified atom stereocenters. The first kappa shape index (κ1) is 12.3. The van der Waals surface area contributed by atoms with Crippen molar-refractivity contribution in [3.8, 4) is 0 Å². The van der Waals surface area contributed by atoms with Crippen molar-refractivity contribution in [1.82, 2.24) is 9.88 Å². The minimum Gasteiger partial charge on any atom is -0.480 e. The molecule has 0 aromatic carbocycles. The number of aliphatic carboxylic acids is 1. The van der Waals surface area contributed by atoms with Crippen LogP contribution in [0.3, 0.4) is 0 Å². The molecular formula is C12H15N3O3. The second-order valence-corrected chi connectivity index (χ2v) is 4.26. The predicted molar refractivity (Wildman–Crippen MR) is 65.4 cm³/mol. The maximum atomic E-state index is 12.0. The monoisotopic (exact) mass is 249 g/mol. The van der Waals surface area contributed by atoms with Crippen molar-refractivity contribution < 1.29 is 14.7 Å². The fourth-order valence-electron chi connectivity index (χ4n) is 2.07. The summed E-state index contributed by atoms with van der Waals surface area (Å²) in [5, 5.41) is 11.7. The van der Waals surface area contributed by atoms with Crippen LogP contribution in [0.2, 0.25) is 0 Å². The maximum absolute atomic E-state index is 12.0. The third kappa shape index (κ3) is 2.42. The largest absolute Gasteiger partial charge is 0.480 e. The summed E-state index contributed by atoms with van der Waals surface area (Å²) in [6.07, 6.45) is 2.87. The zero-order valence-corrected chi connectivity index (χ0v) is 10.1. The SMILES string of the molecule is Cc1ncccc1NC(=O)N1CCC[C@@H]1C(=O)O. The van der Waals surface area contributed by atoms with Gasteiger partial charge < -0.3 is 15.3 Å². The van der Waals surface area contributed by atoms with Gasteiger partial charge in [0.2, 0.25) is 0 Å². The number of pyridine rings is 1. The number of carbonyl (C=O) groups excluding carboxylic acids is 1. The first-order valence-electron chi connectivity index (χ1n) is 5.81. The predicted octanol–water partition coefficient (Wildman–Crippen LogP) is 1.47. The van der Waals surface area contributed by atoms with Crippen molar-refractivity contribution in [2.24, 2.45) is 0 Å². The molecule has 0 aliphatic carbocycles. The highest BCUT2D eigenvalue weighted by atomic mass is 16.4. The van der Waals surface area contributed by atoms with Gasteiger partial charge in [-0.05, 0) is 31.9 Å². The molecule has 1 fully saturated rings. The lowest BCUT2D eigenvalue weighted by Gasteiger charge is -2.22. The number of nitrogens with one attached hydrogen (secondary N) is 1. The molecule has 18 heavy (non-hydrogen) atoms. The Hall–Kier alpha value is -2.11. The van der Waals surface area contributed by atoms with Crippen molar-refractivity contribution >= 4 is 17.7 Å². The lowest BCUT2D eigenvalue weighted by molar-refractivity contribution is -0.141. The minimum absolute atomic E-state index is 0.379. The van der Waals surface area contributed by atoms with Crippen LogP contribution >= 0.6 is 0 Å². The number of carboxylic acids is 1. The van der Waals surface area contributed by atoms with E-state index in [2.05, 4.69) is 10.3 Å². The number of likely N-dealkylation sites (tertiary alicyclic amines) is 1. The summed E-state index contributed by atoms with van der Waals surface area (Å²) < 4.78 is 0. The summed E-state index contributed by atoms with van der Waals surface area (Å²) in [7, 11) is 0. The van der Waals surface area contributed by atoms with Crippen LogP contribution in [-0.2, 0) is 4.79 Å². The van der Waals surface area contributed by atoms with Crippen LogP contribution in [0.4, 0.5) is 10.5 Å². The van der Waals surface area contributed by atoms with Gasteiger partial charge in [-0.15, -0.1) is 0 Å². The van der Waals surface area contributed by atoms with Crippen LogP contribution in [0.1, 0.15) is 18.5 Å². The van der Waals surface area contributed by atoms with Gasteiger partial charge in [-0.25, -0.2) is 9.59 Å². The molecule has 2 N–H and O–H groups in total. The Morgan fingerprint density at radius 1 is 1.56 bits per heavy atom. The van der Waals surface area contributed by atoms with E-state index in [4.69, 9.17) is 5.11 Å². The first-order valence-corrected chi connectivity index (χ1v) is 5.81. The lowest BCUT2D eigenvalue weighted by atomic mass is 10.2. The number of amides is 2. The van der Waals surface area contributed by atoms with Gasteiger partial charge in [0.1, 0.15) is 6.04 Å². The van der Waals surface area contributed by atoms with Gasteiger partial charge in [-0.2, -0.15) is 0 Å². The summed E-state index contributed by atoms with van der Waals surface area (Å²) in [6, 6.07) is 2.37. The number of aromatic nitrogens is 1. The molecule has 0 bridgehead atoms. The Morgan fingerprint density at radius 2 is 2.33 bits per heavy atom. The molecule has 2 heterocycles. The van der Waals surface area contributed by atoms with Gasteiger partial charge in [0.15, 0.2) is 0 Å². The minimum atomic E-state index is -0.953. The van der Waals surface area contributed by atoms with Crippen LogP contribution < -0.4 is 5.32 Å². The molecule has 96 valence electrons. The molecule has 1 aromatic rings. The van der Waals surface area contributed by atoms with E-state index in [1.165, 1.54) is 4.90 Å². The number of rotatable bonds is 2. The Morgan fingerprint density at radius 3 is 3.00 bits per heavy atom. The van der Waals surface area contributed by atoms with E-state index in [1.54, 1.807) is 25.3 Å². The second kappa shape index (κ2) is 5.03. The molecule has 0 saturated carbocycles. The van der Waals surface area contributed by atoms with Crippen LogP contribution in [0.5, 0.6) is 0 Å². The normalized spacial score (nSPS) is 18.7. The number of aryl methyl sites for hydroxylation is 1. The van der Waals surface area contributed by atoms with Gasteiger partial charge >= 0.3 is 12.0 Å². The Bertz CT molecular complexity index is 475. The van der Waals surface area contributed by atoms with Crippen molar-refractivity contribution in [3.05, 3.63) is 24.0 Å². The maximum Gasteiger partial charge on any atom is 0.326 e.